The summed E-state index contributed by atoms with van der Waals surface area (Å²) in [6, 6.07) is 10.7. The Labute approximate surface area is 166 Å². The molecule has 1 amide bonds. The van der Waals surface area contributed by atoms with Crippen LogP contribution in [0, 0.1) is 39.7 Å². The van der Waals surface area contributed by atoms with E-state index in [0.717, 1.165) is 11.9 Å². The molecule has 0 fully saturated rings. The summed E-state index contributed by atoms with van der Waals surface area (Å²) in [5.74, 6) is -0.743. The van der Waals surface area contributed by atoms with E-state index >= 15 is 0 Å². The number of benzene rings is 1. The van der Waals surface area contributed by atoms with E-state index in [1.807, 2.05) is 19.1 Å². The average Bonchev–Trinajstić information content (AvgIpc) is 2.72. The van der Waals surface area contributed by atoms with Crippen LogP contribution in [-0.4, -0.2) is 33.9 Å². The van der Waals surface area contributed by atoms with E-state index in [1.165, 1.54) is 4.90 Å². The molecule has 0 unspecified atom stereocenters. The third-order valence-corrected chi connectivity index (χ3v) is 3.88. The van der Waals surface area contributed by atoms with Crippen LogP contribution in [0.3, 0.4) is 0 Å². The van der Waals surface area contributed by atoms with Gasteiger partial charge in [-0.05, 0) is 19.1 Å². The van der Waals surface area contributed by atoms with Crippen molar-refractivity contribution in [2.75, 3.05) is 23.4 Å². The number of aromatic nitrogens is 2. The molecule has 0 aliphatic rings. The molecule has 0 bridgehead atoms. The number of hydrazine groups is 1. The van der Waals surface area contributed by atoms with Crippen LogP contribution in [0.15, 0.2) is 30.6 Å². The maximum absolute atomic E-state index is 12.2. The molecule has 11 nitrogen and oxygen atoms in total. The summed E-state index contributed by atoms with van der Waals surface area (Å²) in [7, 11) is 0. The molecule has 29 heavy (non-hydrogen) atoms. The Kier molecular flexibility index (Phi) is 7.39. The highest BCUT2D eigenvalue weighted by Gasteiger charge is 2.27. The first-order valence-corrected chi connectivity index (χ1v) is 8.59. The number of nitrogens with zero attached hydrogens (tertiary/aromatic N) is 6. The summed E-state index contributed by atoms with van der Waals surface area (Å²) in [6.45, 7) is 2.20. The van der Waals surface area contributed by atoms with Gasteiger partial charge < -0.3 is 4.90 Å². The van der Waals surface area contributed by atoms with Crippen LogP contribution in [0.2, 0.25) is 0 Å². The van der Waals surface area contributed by atoms with E-state index in [4.69, 9.17) is 10.5 Å². The Morgan fingerprint density at radius 2 is 1.79 bits per heavy atom. The summed E-state index contributed by atoms with van der Waals surface area (Å²) >= 11 is 0. The zero-order valence-corrected chi connectivity index (χ0v) is 15.6. The predicted octanol–water partition coefficient (Wildman–Crippen LogP) is 2.08. The highest BCUT2D eigenvalue weighted by atomic mass is 16.6. The van der Waals surface area contributed by atoms with Gasteiger partial charge in [-0.3, -0.25) is 25.8 Å². The fourth-order valence-corrected chi connectivity index (χ4v) is 2.45. The van der Waals surface area contributed by atoms with Crippen molar-refractivity contribution >= 4 is 23.2 Å². The molecule has 0 saturated carbocycles. The monoisotopic (exact) mass is 394 g/mol. The molecule has 0 spiro atoms. The molecule has 1 aromatic heterocycles. The van der Waals surface area contributed by atoms with Crippen molar-refractivity contribution < 1.29 is 9.72 Å². The van der Waals surface area contributed by atoms with Gasteiger partial charge in [0.1, 0.15) is 6.33 Å². The molecular formula is C18H18N8O3. The van der Waals surface area contributed by atoms with Crippen LogP contribution in [-0.2, 0) is 0 Å². The number of amides is 1. The maximum atomic E-state index is 12.2. The van der Waals surface area contributed by atoms with Crippen LogP contribution in [0.5, 0.6) is 0 Å². The van der Waals surface area contributed by atoms with Gasteiger partial charge in [-0.1, -0.05) is 17.7 Å². The van der Waals surface area contributed by atoms with E-state index in [-0.39, 0.29) is 37.6 Å². The van der Waals surface area contributed by atoms with Crippen LogP contribution >= 0.6 is 0 Å². The Morgan fingerprint density at radius 1 is 1.17 bits per heavy atom. The molecule has 1 aromatic carbocycles. The molecule has 2 rings (SSSR count). The van der Waals surface area contributed by atoms with Crippen molar-refractivity contribution in [2.24, 2.45) is 0 Å². The minimum Gasteiger partial charge on any atom is -0.349 e. The van der Waals surface area contributed by atoms with Crippen molar-refractivity contribution in [3.63, 3.8) is 0 Å². The molecule has 2 N–H and O–H groups in total. The molecule has 0 aliphatic carbocycles. The first-order chi connectivity index (χ1) is 14.0. The second-order valence-corrected chi connectivity index (χ2v) is 5.90. The second kappa shape index (κ2) is 10.2. The SMILES string of the molecule is Cc1ccc(C(=O)NNc2ncnc(N(CCC#N)CCC#N)c2[N+](=O)[O-])cc1. The number of rotatable bonds is 9. The van der Waals surface area contributed by atoms with Gasteiger partial charge in [0.25, 0.3) is 5.91 Å². The number of anilines is 2. The number of nitro groups is 1. The van der Waals surface area contributed by atoms with Gasteiger partial charge in [0, 0.05) is 18.7 Å². The standard InChI is InChI=1S/C18H18N8O3/c1-13-4-6-14(7-5-13)18(27)24-23-16-15(26(28)29)17(22-12-21-16)25(10-2-8-19)11-3-9-20/h4-7,12H,2-3,10-11H2,1H3,(H,24,27)(H,21,22,23). The number of carbonyl (C=O) groups excluding carboxylic acids is 1. The summed E-state index contributed by atoms with van der Waals surface area (Å²) in [5.41, 5.74) is 5.73. The van der Waals surface area contributed by atoms with Gasteiger partial charge in [-0.15, -0.1) is 0 Å². The fraction of sp³-hybridized carbons (Fsp3) is 0.278. The lowest BCUT2D eigenvalue weighted by molar-refractivity contribution is -0.383. The average molecular weight is 394 g/mol. The molecule has 0 aliphatic heterocycles. The lowest BCUT2D eigenvalue weighted by atomic mass is 10.1. The largest absolute Gasteiger partial charge is 0.355 e. The summed E-state index contributed by atoms with van der Waals surface area (Å²) in [6.07, 6.45) is 1.30. The molecule has 1 heterocycles. The Balaban J connectivity index is 2.27. The second-order valence-electron chi connectivity index (χ2n) is 5.90. The van der Waals surface area contributed by atoms with Crippen molar-refractivity contribution in [3.8, 4) is 12.1 Å². The van der Waals surface area contributed by atoms with Crippen molar-refractivity contribution in [1.29, 1.82) is 10.5 Å². The van der Waals surface area contributed by atoms with E-state index in [2.05, 4.69) is 20.8 Å². The molecule has 2 aromatic rings. The lowest BCUT2D eigenvalue weighted by Crippen LogP contribution is -2.31. The normalized spacial score (nSPS) is 9.76. The highest BCUT2D eigenvalue weighted by molar-refractivity contribution is 5.95. The zero-order valence-electron chi connectivity index (χ0n) is 15.6. The van der Waals surface area contributed by atoms with Crippen molar-refractivity contribution in [3.05, 3.63) is 51.8 Å². The Bertz CT molecular complexity index is 945. The first-order valence-electron chi connectivity index (χ1n) is 8.59. The van der Waals surface area contributed by atoms with Gasteiger partial charge in [-0.25, -0.2) is 9.97 Å². The van der Waals surface area contributed by atoms with Crippen molar-refractivity contribution in [2.45, 2.75) is 19.8 Å². The van der Waals surface area contributed by atoms with Gasteiger partial charge in [0.2, 0.25) is 11.6 Å². The van der Waals surface area contributed by atoms with E-state index in [0.29, 0.717) is 5.56 Å². The molecule has 0 radical (unpaired) electrons. The number of carbonyl (C=O) groups is 1. The number of hydrogen-bond acceptors (Lipinski definition) is 9. The Morgan fingerprint density at radius 3 is 2.34 bits per heavy atom. The van der Waals surface area contributed by atoms with E-state index < -0.39 is 16.5 Å². The smallest absolute Gasteiger partial charge is 0.349 e. The Hall–Kier alpha value is -4.25. The summed E-state index contributed by atoms with van der Waals surface area (Å²) in [5, 5.41) is 29.3. The summed E-state index contributed by atoms with van der Waals surface area (Å²) in [4.78, 5) is 32.5. The zero-order chi connectivity index (χ0) is 21.2. The molecule has 11 heteroatoms. The van der Waals surface area contributed by atoms with E-state index in [9.17, 15) is 14.9 Å². The molecule has 0 saturated heterocycles. The minimum absolute atomic E-state index is 0.0393. The first kappa shape index (κ1) is 21.1. The predicted molar refractivity (Wildman–Crippen MR) is 104 cm³/mol. The number of nitrogens with one attached hydrogen (secondary N) is 2. The molecule has 148 valence electrons. The number of nitriles is 2. The van der Waals surface area contributed by atoms with Gasteiger partial charge in [0.05, 0.1) is 29.9 Å². The van der Waals surface area contributed by atoms with Gasteiger partial charge in [-0.2, -0.15) is 10.5 Å². The topological polar surface area (TPSA) is 161 Å². The highest BCUT2D eigenvalue weighted by Crippen LogP contribution is 2.31. The maximum Gasteiger partial charge on any atom is 0.355 e. The van der Waals surface area contributed by atoms with Crippen LogP contribution in [0.4, 0.5) is 17.3 Å². The third-order valence-electron chi connectivity index (χ3n) is 3.88. The van der Waals surface area contributed by atoms with Crippen LogP contribution < -0.4 is 15.8 Å². The quantitative estimate of drug-likeness (QED) is 0.479. The fourth-order valence-electron chi connectivity index (χ4n) is 2.45. The molecule has 0 atom stereocenters. The number of aryl methyl sites for hydroxylation is 1. The van der Waals surface area contributed by atoms with E-state index in [1.54, 1.807) is 24.3 Å². The molecular weight excluding hydrogens is 376 g/mol. The van der Waals surface area contributed by atoms with Crippen LogP contribution in [0.1, 0.15) is 28.8 Å². The van der Waals surface area contributed by atoms with Crippen LogP contribution in [0.25, 0.3) is 0 Å². The van der Waals surface area contributed by atoms with Gasteiger partial charge >= 0.3 is 5.69 Å². The van der Waals surface area contributed by atoms with Crippen molar-refractivity contribution in [1.82, 2.24) is 15.4 Å². The number of hydrogen-bond donors (Lipinski definition) is 2. The third kappa shape index (κ3) is 5.61. The van der Waals surface area contributed by atoms with Gasteiger partial charge in [0.15, 0.2) is 0 Å². The lowest BCUT2D eigenvalue weighted by Gasteiger charge is -2.21. The summed E-state index contributed by atoms with van der Waals surface area (Å²) < 4.78 is 0. The minimum atomic E-state index is -0.679.